The van der Waals surface area contributed by atoms with E-state index in [-0.39, 0.29) is 11.5 Å². The molecule has 0 aliphatic rings. The van der Waals surface area contributed by atoms with E-state index in [4.69, 9.17) is 6.42 Å². The third kappa shape index (κ3) is 2.86. The lowest BCUT2D eigenvalue weighted by Crippen LogP contribution is -2.38. The Morgan fingerprint density at radius 2 is 2.00 bits per heavy atom. The van der Waals surface area contributed by atoms with Gasteiger partial charge in [-0.25, -0.2) is 8.78 Å². The zero-order valence-electron chi connectivity index (χ0n) is 10.6. The zero-order valence-corrected chi connectivity index (χ0v) is 10.6. The number of rotatable bonds is 3. The molecule has 1 aromatic rings. The SMILES string of the molecule is C#CC(NC(=O)c1c(F)ccc(C)c1F)C(C)C. The molecular weight excluding hydrogens is 236 g/mol. The monoisotopic (exact) mass is 251 g/mol. The first-order chi connectivity index (χ1) is 8.38. The third-order valence-electron chi connectivity index (χ3n) is 2.64. The minimum absolute atomic E-state index is 0.0186. The Kier molecular flexibility index (Phi) is 4.43. The largest absolute Gasteiger partial charge is 0.338 e. The second kappa shape index (κ2) is 5.63. The van der Waals surface area contributed by atoms with Gasteiger partial charge in [-0.1, -0.05) is 25.8 Å². The molecule has 1 unspecified atom stereocenters. The molecule has 0 spiro atoms. The molecule has 0 bridgehead atoms. The molecule has 1 amide bonds. The highest BCUT2D eigenvalue weighted by Crippen LogP contribution is 2.16. The van der Waals surface area contributed by atoms with E-state index in [1.54, 1.807) is 0 Å². The molecule has 96 valence electrons. The van der Waals surface area contributed by atoms with Crippen LogP contribution in [0.25, 0.3) is 0 Å². The van der Waals surface area contributed by atoms with Crippen molar-refractivity contribution in [3.8, 4) is 12.3 Å². The van der Waals surface area contributed by atoms with Crippen LogP contribution in [0.3, 0.4) is 0 Å². The van der Waals surface area contributed by atoms with Gasteiger partial charge in [0.1, 0.15) is 17.2 Å². The van der Waals surface area contributed by atoms with E-state index in [0.717, 1.165) is 6.07 Å². The Morgan fingerprint density at radius 1 is 1.39 bits per heavy atom. The molecule has 2 nitrogen and oxygen atoms in total. The summed E-state index contributed by atoms with van der Waals surface area (Å²) in [5, 5.41) is 2.44. The number of nitrogens with one attached hydrogen (secondary N) is 1. The minimum atomic E-state index is -0.893. The standard InChI is InChI=1S/C14H15F2NO/c1-5-11(8(2)3)17-14(18)12-10(15)7-6-9(4)13(12)16/h1,6-8,11H,2-4H3,(H,17,18). The molecule has 0 aliphatic carbocycles. The Morgan fingerprint density at radius 3 is 2.50 bits per heavy atom. The number of hydrogen-bond acceptors (Lipinski definition) is 1. The molecule has 0 saturated carbocycles. The fourth-order valence-electron chi connectivity index (χ4n) is 1.48. The van der Waals surface area contributed by atoms with E-state index in [0.29, 0.717) is 0 Å². The molecule has 1 rings (SSSR count). The summed E-state index contributed by atoms with van der Waals surface area (Å²) in [6, 6.07) is 1.78. The summed E-state index contributed by atoms with van der Waals surface area (Å²) in [5.74, 6) is -0.216. The van der Waals surface area contributed by atoms with Gasteiger partial charge in [-0.15, -0.1) is 6.42 Å². The van der Waals surface area contributed by atoms with Gasteiger partial charge in [0.2, 0.25) is 0 Å². The predicted octanol–water partition coefficient (Wildman–Crippen LogP) is 2.66. The average Bonchev–Trinajstić information content (AvgIpc) is 2.31. The van der Waals surface area contributed by atoms with Crippen LogP contribution in [-0.4, -0.2) is 11.9 Å². The predicted molar refractivity (Wildman–Crippen MR) is 66.0 cm³/mol. The van der Waals surface area contributed by atoms with Gasteiger partial charge in [0.15, 0.2) is 0 Å². The molecule has 0 radical (unpaired) electrons. The summed E-state index contributed by atoms with van der Waals surface area (Å²) in [4.78, 5) is 11.8. The fourth-order valence-corrected chi connectivity index (χ4v) is 1.48. The molecule has 1 aromatic carbocycles. The number of hydrogen-bond donors (Lipinski definition) is 1. The van der Waals surface area contributed by atoms with Crippen molar-refractivity contribution in [3.05, 3.63) is 34.9 Å². The molecule has 0 aromatic heterocycles. The highest BCUT2D eigenvalue weighted by atomic mass is 19.1. The summed E-state index contributed by atoms with van der Waals surface area (Å²) >= 11 is 0. The summed E-state index contributed by atoms with van der Waals surface area (Å²) in [6.45, 7) is 5.09. The molecular formula is C14H15F2NO. The number of carbonyl (C=O) groups excluding carboxylic acids is 1. The van der Waals surface area contributed by atoms with Gasteiger partial charge in [0.05, 0.1) is 6.04 Å². The van der Waals surface area contributed by atoms with E-state index < -0.39 is 29.1 Å². The van der Waals surface area contributed by atoms with E-state index in [2.05, 4.69) is 11.2 Å². The van der Waals surface area contributed by atoms with Crippen LogP contribution in [0.1, 0.15) is 29.8 Å². The van der Waals surface area contributed by atoms with Crippen LogP contribution in [0, 0.1) is 36.8 Å². The Bertz CT molecular complexity index is 503. The van der Waals surface area contributed by atoms with Crippen LogP contribution in [0.15, 0.2) is 12.1 Å². The molecule has 1 N–H and O–H groups in total. The van der Waals surface area contributed by atoms with Crippen molar-refractivity contribution in [2.75, 3.05) is 0 Å². The summed E-state index contributed by atoms with van der Waals surface area (Å²) in [7, 11) is 0. The Hall–Kier alpha value is -1.89. The quantitative estimate of drug-likeness (QED) is 0.822. The summed E-state index contributed by atoms with van der Waals surface area (Å²) in [5.41, 5.74) is -0.376. The van der Waals surface area contributed by atoms with Crippen molar-refractivity contribution >= 4 is 5.91 Å². The normalized spacial score (nSPS) is 12.1. The van der Waals surface area contributed by atoms with Crippen molar-refractivity contribution in [1.82, 2.24) is 5.32 Å². The number of benzene rings is 1. The van der Waals surface area contributed by atoms with Gasteiger partial charge >= 0.3 is 0 Å². The van der Waals surface area contributed by atoms with Crippen molar-refractivity contribution in [3.63, 3.8) is 0 Å². The van der Waals surface area contributed by atoms with Gasteiger partial charge < -0.3 is 5.32 Å². The second-order valence-electron chi connectivity index (χ2n) is 4.42. The van der Waals surface area contributed by atoms with Gasteiger partial charge in [-0.3, -0.25) is 4.79 Å². The summed E-state index contributed by atoms with van der Waals surface area (Å²) < 4.78 is 27.2. The maximum Gasteiger partial charge on any atom is 0.258 e. The third-order valence-corrected chi connectivity index (χ3v) is 2.64. The lowest BCUT2D eigenvalue weighted by Gasteiger charge is -2.17. The van der Waals surface area contributed by atoms with Crippen LogP contribution in [0.2, 0.25) is 0 Å². The van der Waals surface area contributed by atoms with Crippen molar-refractivity contribution in [2.45, 2.75) is 26.8 Å². The zero-order chi connectivity index (χ0) is 13.9. The number of amides is 1. The first-order valence-corrected chi connectivity index (χ1v) is 5.60. The smallest absolute Gasteiger partial charge is 0.258 e. The lowest BCUT2D eigenvalue weighted by atomic mass is 10.0. The van der Waals surface area contributed by atoms with Crippen LogP contribution >= 0.6 is 0 Å². The lowest BCUT2D eigenvalue weighted by molar-refractivity contribution is 0.0929. The van der Waals surface area contributed by atoms with E-state index in [9.17, 15) is 13.6 Å². The Balaban J connectivity index is 3.06. The average molecular weight is 251 g/mol. The van der Waals surface area contributed by atoms with Gasteiger partial charge in [-0.2, -0.15) is 0 Å². The number of halogens is 2. The van der Waals surface area contributed by atoms with Crippen LogP contribution in [0.5, 0.6) is 0 Å². The number of aryl methyl sites for hydroxylation is 1. The van der Waals surface area contributed by atoms with Crippen molar-refractivity contribution in [2.24, 2.45) is 5.92 Å². The van der Waals surface area contributed by atoms with Crippen molar-refractivity contribution < 1.29 is 13.6 Å². The molecule has 0 heterocycles. The topological polar surface area (TPSA) is 29.1 Å². The number of carbonyl (C=O) groups is 1. The highest BCUT2D eigenvalue weighted by Gasteiger charge is 2.22. The molecule has 4 heteroatoms. The van der Waals surface area contributed by atoms with E-state index in [1.807, 2.05) is 13.8 Å². The van der Waals surface area contributed by atoms with Crippen LogP contribution in [0.4, 0.5) is 8.78 Å². The van der Waals surface area contributed by atoms with Gasteiger partial charge in [-0.05, 0) is 24.5 Å². The highest BCUT2D eigenvalue weighted by molar-refractivity contribution is 5.95. The maximum absolute atomic E-state index is 13.7. The molecule has 0 saturated heterocycles. The first kappa shape index (κ1) is 14.2. The van der Waals surface area contributed by atoms with Crippen LogP contribution in [-0.2, 0) is 0 Å². The maximum atomic E-state index is 13.7. The first-order valence-electron chi connectivity index (χ1n) is 5.60. The second-order valence-corrected chi connectivity index (χ2v) is 4.42. The van der Waals surface area contributed by atoms with Crippen molar-refractivity contribution in [1.29, 1.82) is 0 Å². The van der Waals surface area contributed by atoms with Crippen LogP contribution < -0.4 is 5.32 Å². The number of terminal acetylenes is 1. The Labute approximate surface area is 105 Å². The molecule has 1 atom stereocenters. The molecule has 0 fully saturated rings. The van der Waals surface area contributed by atoms with Gasteiger partial charge in [0, 0.05) is 0 Å². The summed E-state index contributed by atoms with van der Waals surface area (Å²) in [6.07, 6.45) is 5.25. The fraction of sp³-hybridized carbons (Fsp3) is 0.357. The molecule has 0 aliphatic heterocycles. The van der Waals surface area contributed by atoms with E-state index in [1.165, 1.54) is 13.0 Å². The van der Waals surface area contributed by atoms with Gasteiger partial charge in [0.25, 0.3) is 5.91 Å². The van der Waals surface area contributed by atoms with E-state index >= 15 is 0 Å². The minimum Gasteiger partial charge on any atom is -0.338 e. The molecule has 18 heavy (non-hydrogen) atoms.